The molecule has 0 saturated heterocycles. The van der Waals surface area contributed by atoms with E-state index in [1.165, 1.54) is 6.92 Å². The van der Waals surface area contributed by atoms with Gasteiger partial charge >= 0.3 is 0 Å². The van der Waals surface area contributed by atoms with Gasteiger partial charge in [-0.05, 0) is 25.3 Å². The molecule has 19 heavy (non-hydrogen) atoms. The number of rotatable bonds is 4. The highest BCUT2D eigenvalue weighted by Gasteiger charge is 2.27. The molecule has 0 N–H and O–H groups in total. The molecule has 0 aliphatic carbocycles. The first-order valence-electron chi connectivity index (χ1n) is 6.12. The van der Waals surface area contributed by atoms with Crippen molar-refractivity contribution in [2.75, 3.05) is 0 Å². The largest absolute Gasteiger partial charge is 0.338 e. The summed E-state index contributed by atoms with van der Waals surface area (Å²) in [5, 5.41) is 3.84. The fraction of sp³-hybridized carbons (Fsp3) is 0.462. The van der Waals surface area contributed by atoms with Crippen molar-refractivity contribution in [1.82, 2.24) is 20.1 Å². The van der Waals surface area contributed by atoms with Crippen LogP contribution in [0, 0.1) is 12.8 Å². The molecule has 1 unspecified atom stereocenters. The van der Waals surface area contributed by atoms with E-state index in [4.69, 9.17) is 4.52 Å². The van der Waals surface area contributed by atoms with E-state index in [0.29, 0.717) is 17.5 Å². The molecular weight excluding hydrogens is 244 g/mol. The lowest BCUT2D eigenvalue weighted by Crippen LogP contribution is -2.15. The van der Waals surface area contributed by atoms with Gasteiger partial charge in [-0.3, -0.25) is 4.79 Å². The molecule has 2 heterocycles. The van der Waals surface area contributed by atoms with Gasteiger partial charge in [-0.1, -0.05) is 19.0 Å². The van der Waals surface area contributed by atoms with Gasteiger partial charge < -0.3 is 4.52 Å². The Bertz CT molecular complexity index is 575. The Morgan fingerprint density at radius 3 is 2.37 bits per heavy atom. The van der Waals surface area contributed by atoms with E-state index in [1.807, 2.05) is 20.8 Å². The maximum absolute atomic E-state index is 11.6. The first-order valence-corrected chi connectivity index (χ1v) is 6.12. The van der Waals surface area contributed by atoms with Crippen LogP contribution in [0.3, 0.4) is 0 Å². The molecule has 6 heteroatoms. The van der Waals surface area contributed by atoms with Gasteiger partial charge in [-0.25, -0.2) is 9.97 Å². The molecule has 0 fully saturated rings. The van der Waals surface area contributed by atoms with Crippen LogP contribution in [-0.2, 0) is 4.79 Å². The van der Waals surface area contributed by atoms with Crippen LogP contribution in [0.15, 0.2) is 16.9 Å². The third-order valence-corrected chi connectivity index (χ3v) is 2.79. The second-order valence-electron chi connectivity index (χ2n) is 4.87. The van der Waals surface area contributed by atoms with Crippen LogP contribution in [0.25, 0.3) is 11.6 Å². The molecule has 0 saturated carbocycles. The van der Waals surface area contributed by atoms with Crippen molar-refractivity contribution >= 4 is 5.78 Å². The molecule has 0 bridgehead atoms. The zero-order chi connectivity index (χ0) is 14.0. The Morgan fingerprint density at radius 1 is 1.21 bits per heavy atom. The molecule has 0 aliphatic heterocycles. The Labute approximate surface area is 111 Å². The standard InChI is InChI=1S/C13H16N4O2/c1-7(2)10(9(4)18)13-16-12(17-19-13)11-14-5-8(3)6-15-11/h5-7,10H,1-4H3. The number of aryl methyl sites for hydroxylation is 1. The topological polar surface area (TPSA) is 81.8 Å². The van der Waals surface area contributed by atoms with Gasteiger partial charge in [0.2, 0.25) is 17.5 Å². The highest BCUT2D eigenvalue weighted by Crippen LogP contribution is 2.25. The molecule has 0 amide bonds. The summed E-state index contributed by atoms with van der Waals surface area (Å²) in [6.07, 6.45) is 3.37. The molecular formula is C13H16N4O2. The highest BCUT2D eigenvalue weighted by molar-refractivity contribution is 5.82. The summed E-state index contributed by atoms with van der Waals surface area (Å²) in [4.78, 5) is 24.1. The maximum atomic E-state index is 11.6. The smallest absolute Gasteiger partial charge is 0.240 e. The highest BCUT2D eigenvalue weighted by atomic mass is 16.5. The number of carbonyl (C=O) groups is 1. The maximum Gasteiger partial charge on any atom is 0.240 e. The summed E-state index contributed by atoms with van der Waals surface area (Å²) >= 11 is 0. The number of aromatic nitrogens is 4. The van der Waals surface area contributed by atoms with Crippen molar-refractivity contribution in [3.05, 3.63) is 23.8 Å². The molecule has 0 aliphatic rings. The number of ketones is 1. The lowest BCUT2D eigenvalue weighted by molar-refractivity contribution is -0.119. The summed E-state index contributed by atoms with van der Waals surface area (Å²) in [6.45, 7) is 7.31. The SMILES string of the molecule is CC(=O)C(c1nc(-c2ncc(C)cn2)no1)C(C)C. The number of Topliss-reactive ketones (excluding diaryl/α,β-unsaturated/α-hetero) is 1. The number of nitrogens with zero attached hydrogens (tertiary/aromatic N) is 4. The summed E-state index contributed by atoms with van der Waals surface area (Å²) in [6, 6.07) is 0. The summed E-state index contributed by atoms with van der Waals surface area (Å²) < 4.78 is 5.17. The average Bonchev–Trinajstić information content (AvgIpc) is 2.78. The predicted octanol–water partition coefficient (Wildman–Crippen LogP) is 2.16. The Kier molecular flexibility index (Phi) is 3.69. The third-order valence-electron chi connectivity index (χ3n) is 2.79. The van der Waals surface area contributed by atoms with Crippen LogP contribution in [0.5, 0.6) is 0 Å². The summed E-state index contributed by atoms with van der Waals surface area (Å²) in [5.74, 6) is 0.752. The quantitative estimate of drug-likeness (QED) is 0.837. The molecule has 2 aromatic rings. The third kappa shape index (κ3) is 2.83. The van der Waals surface area contributed by atoms with Crippen LogP contribution in [0.1, 0.15) is 38.1 Å². The van der Waals surface area contributed by atoms with E-state index in [0.717, 1.165) is 5.56 Å². The minimum Gasteiger partial charge on any atom is -0.338 e. The van der Waals surface area contributed by atoms with Crippen LogP contribution in [0.2, 0.25) is 0 Å². The molecule has 0 aromatic carbocycles. The lowest BCUT2D eigenvalue weighted by atomic mass is 9.92. The Hall–Kier alpha value is -2.11. The van der Waals surface area contributed by atoms with Crippen molar-refractivity contribution < 1.29 is 9.32 Å². The van der Waals surface area contributed by atoms with Crippen molar-refractivity contribution in [2.45, 2.75) is 33.6 Å². The molecule has 100 valence electrons. The van der Waals surface area contributed by atoms with E-state index in [9.17, 15) is 4.79 Å². The first-order chi connectivity index (χ1) is 8.99. The van der Waals surface area contributed by atoms with Crippen molar-refractivity contribution in [3.63, 3.8) is 0 Å². The van der Waals surface area contributed by atoms with Gasteiger partial charge in [0.1, 0.15) is 5.78 Å². The Morgan fingerprint density at radius 2 is 1.84 bits per heavy atom. The van der Waals surface area contributed by atoms with Crippen molar-refractivity contribution in [3.8, 4) is 11.6 Å². The van der Waals surface area contributed by atoms with Gasteiger partial charge in [0.05, 0.1) is 5.92 Å². The first kappa shape index (κ1) is 13.3. The van der Waals surface area contributed by atoms with Crippen LogP contribution in [-0.4, -0.2) is 25.9 Å². The van der Waals surface area contributed by atoms with E-state index in [2.05, 4.69) is 20.1 Å². The van der Waals surface area contributed by atoms with Crippen molar-refractivity contribution in [1.29, 1.82) is 0 Å². The zero-order valence-electron chi connectivity index (χ0n) is 11.4. The average molecular weight is 260 g/mol. The lowest BCUT2D eigenvalue weighted by Gasteiger charge is -2.12. The van der Waals surface area contributed by atoms with E-state index in [1.54, 1.807) is 12.4 Å². The summed E-state index contributed by atoms with van der Waals surface area (Å²) in [5.41, 5.74) is 0.955. The fourth-order valence-electron chi connectivity index (χ4n) is 1.89. The Balaban J connectivity index is 2.32. The minimum atomic E-state index is -0.383. The van der Waals surface area contributed by atoms with Gasteiger partial charge in [-0.15, -0.1) is 0 Å². The molecule has 2 aromatic heterocycles. The van der Waals surface area contributed by atoms with Crippen LogP contribution in [0.4, 0.5) is 0 Å². The molecule has 2 rings (SSSR count). The van der Waals surface area contributed by atoms with Crippen LogP contribution < -0.4 is 0 Å². The normalized spacial score (nSPS) is 12.7. The second-order valence-corrected chi connectivity index (χ2v) is 4.87. The number of hydrogen-bond acceptors (Lipinski definition) is 6. The number of carbonyl (C=O) groups excluding carboxylic acids is 1. The fourth-order valence-corrected chi connectivity index (χ4v) is 1.89. The molecule has 0 radical (unpaired) electrons. The van der Waals surface area contributed by atoms with Gasteiger partial charge in [0.15, 0.2) is 0 Å². The minimum absolute atomic E-state index is 0.00928. The van der Waals surface area contributed by atoms with E-state index in [-0.39, 0.29) is 17.6 Å². The number of hydrogen-bond donors (Lipinski definition) is 0. The monoisotopic (exact) mass is 260 g/mol. The zero-order valence-corrected chi connectivity index (χ0v) is 11.4. The molecule has 0 spiro atoms. The van der Waals surface area contributed by atoms with Gasteiger partial charge in [0.25, 0.3) is 0 Å². The van der Waals surface area contributed by atoms with Crippen LogP contribution >= 0.6 is 0 Å². The van der Waals surface area contributed by atoms with E-state index >= 15 is 0 Å². The molecule has 1 atom stereocenters. The molecule has 6 nitrogen and oxygen atoms in total. The predicted molar refractivity (Wildman–Crippen MR) is 68.3 cm³/mol. The van der Waals surface area contributed by atoms with E-state index < -0.39 is 0 Å². The summed E-state index contributed by atoms with van der Waals surface area (Å²) in [7, 11) is 0. The second kappa shape index (κ2) is 5.26. The van der Waals surface area contributed by atoms with Crippen molar-refractivity contribution in [2.24, 2.45) is 5.92 Å². The van der Waals surface area contributed by atoms with Gasteiger partial charge in [0, 0.05) is 12.4 Å². The van der Waals surface area contributed by atoms with Gasteiger partial charge in [-0.2, -0.15) is 4.98 Å².